The van der Waals surface area contributed by atoms with Gasteiger partial charge in [-0.05, 0) is 60.1 Å². The van der Waals surface area contributed by atoms with Crippen LogP contribution in [0.15, 0.2) is 35.6 Å². The Kier molecular flexibility index (Phi) is 11.2. The fourth-order valence-corrected chi connectivity index (χ4v) is 5.00. The predicted octanol–water partition coefficient (Wildman–Crippen LogP) is 9.62. The van der Waals surface area contributed by atoms with Crippen molar-refractivity contribution in [2.75, 3.05) is 0 Å². The molecule has 0 atom stereocenters. The molecule has 0 aliphatic rings. The van der Waals surface area contributed by atoms with Crippen LogP contribution in [0, 0.1) is 50.4 Å². The molecule has 0 unspecified atom stereocenters. The molecule has 2 aromatic carbocycles. The number of aromatic nitrogens is 3. The Hall–Kier alpha value is -3.02. The van der Waals surface area contributed by atoms with Crippen LogP contribution < -0.4 is 0 Å². The van der Waals surface area contributed by atoms with Crippen molar-refractivity contribution in [1.82, 2.24) is 15.0 Å². The predicted molar refractivity (Wildman–Crippen MR) is 171 cm³/mol. The van der Waals surface area contributed by atoms with Crippen LogP contribution in [0.1, 0.15) is 96.6 Å². The third-order valence-corrected chi connectivity index (χ3v) is 7.31. The van der Waals surface area contributed by atoms with E-state index in [2.05, 4.69) is 24.9 Å². The molecule has 1 radical (unpaired) electrons. The molecule has 7 heteroatoms. The summed E-state index contributed by atoms with van der Waals surface area (Å²) >= 11 is 0. The number of carbonyl (C=O) groups is 1. The monoisotopic (exact) mass is 763 g/mol. The van der Waals surface area contributed by atoms with Gasteiger partial charge in [-0.25, -0.2) is 9.37 Å². The van der Waals surface area contributed by atoms with Gasteiger partial charge in [0.1, 0.15) is 17.4 Å². The summed E-state index contributed by atoms with van der Waals surface area (Å²) in [5.74, 6) is 0.907. The van der Waals surface area contributed by atoms with Gasteiger partial charge in [-0.2, -0.15) is 0 Å². The molecule has 4 rings (SSSR count). The first-order chi connectivity index (χ1) is 19.2. The van der Waals surface area contributed by atoms with E-state index in [4.69, 9.17) is 9.97 Å². The molecule has 233 valence electrons. The first-order valence-corrected chi connectivity index (χ1v) is 14.5. The topological polar surface area (TPSA) is 76.0 Å². The normalized spacial score (nSPS) is 12.5. The van der Waals surface area contributed by atoms with Gasteiger partial charge in [-0.15, -0.1) is 17.7 Å². The first-order valence-electron chi connectivity index (χ1n) is 14.5. The minimum Gasteiger partial charge on any atom is -0.511 e. The molecule has 0 spiro atoms. The van der Waals surface area contributed by atoms with E-state index in [1.165, 1.54) is 0 Å². The summed E-state index contributed by atoms with van der Waals surface area (Å²) in [5.41, 5.74) is 5.22. The van der Waals surface area contributed by atoms with Crippen LogP contribution in [0.25, 0.3) is 32.9 Å². The van der Waals surface area contributed by atoms with Crippen molar-refractivity contribution in [3.05, 3.63) is 75.8 Å². The number of Topliss-reactive ketones (excluding diaryl/α,β-unsaturated/α-hetero) is 1. The zero-order valence-electron chi connectivity index (χ0n) is 27.8. The summed E-state index contributed by atoms with van der Waals surface area (Å²) in [7, 11) is 0. The number of rotatable bonds is 3. The van der Waals surface area contributed by atoms with Crippen molar-refractivity contribution in [3.8, 4) is 11.3 Å². The van der Waals surface area contributed by atoms with E-state index in [0.717, 1.165) is 50.1 Å². The number of ketones is 1. The van der Waals surface area contributed by atoms with Gasteiger partial charge in [0, 0.05) is 53.5 Å². The number of aryl methyl sites for hydroxylation is 4. The van der Waals surface area contributed by atoms with Crippen LogP contribution in [-0.4, -0.2) is 25.8 Å². The van der Waals surface area contributed by atoms with Crippen LogP contribution in [0.3, 0.4) is 0 Å². The zero-order valence-corrected chi connectivity index (χ0v) is 30.2. The fraction of sp³-hybridized carbons (Fsp3) is 0.444. The molecule has 0 saturated heterocycles. The van der Waals surface area contributed by atoms with Crippen LogP contribution in [-0.2, 0) is 24.9 Å². The number of fused-ring (bicyclic) bond motifs is 3. The van der Waals surface area contributed by atoms with Crippen molar-refractivity contribution in [1.29, 1.82) is 0 Å². The van der Waals surface area contributed by atoms with Gasteiger partial charge in [-0.3, -0.25) is 9.78 Å². The van der Waals surface area contributed by atoms with Crippen molar-refractivity contribution in [2.24, 2.45) is 10.8 Å². The molecule has 0 saturated carbocycles. The number of allylic oxidation sites excluding steroid dienone is 2. The molecule has 0 aliphatic heterocycles. The molecular formula is C36H45FIrN3O2-. The van der Waals surface area contributed by atoms with E-state index in [1.807, 2.05) is 86.6 Å². The second-order valence-electron chi connectivity index (χ2n) is 13.6. The Bertz CT molecular complexity index is 1710. The molecule has 1 N–H and O–H groups in total. The number of hydrogen-bond donors (Lipinski definition) is 1. The molecule has 0 aliphatic carbocycles. The summed E-state index contributed by atoms with van der Waals surface area (Å²) in [6, 6.07) is 11.2. The summed E-state index contributed by atoms with van der Waals surface area (Å²) in [6.07, 6.45) is 0. The smallest absolute Gasteiger partial charge is 0.167 e. The third-order valence-electron chi connectivity index (χ3n) is 7.31. The SMILES string of the molecule is C/C(C(=O)C(C)(C)C)=C(/O)C(C)(C)C.Cc1c[c-]c(-c2nc(C(C)C)nc3c2ccc2cc(C)c(F)c(C)c23)c(C)n1.[Ir]. The first kappa shape index (κ1) is 36.2. The van der Waals surface area contributed by atoms with Crippen molar-refractivity contribution >= 4 is 27.5 Å². The number of nitrogens with zero attached hydrogens (tertiary/aromatic N) is 3. The number of carbonyl (C=O) groups excluding carboxylic acids is 1. The van der Waals surface area contributed by atoms with Gasteiger partial charge in [0.05, 0.1) is 5.52 Å². The van der Waals surface area contributed by atoms with E-state index in [1.54, 1.807) is 13.8 Å². The zero-order chi connectivity index (χ0) is 31.9. The molecule has 5 nitrogen and oxygen atoms in total. The van der Waals surface area contributed by atoms with E-state index in [-0.39, 0.29) is 48.8 Å². The Labute approximate surface area is 269 Å². The molecule has 0 fully saturated rings. The number of aliphatic hydroxyl groups is 1. The van der Waals surface area contributed by atoms with Crippen LogP contribution in [0.4, 0.5) is 4.39 Å². The number of aliphatic hydroxyl groups excluding tert-OH is 1. The summed E-state index contributed by atoms with van der Waals surface area (Å²) in [4.78, 5) is 26.1. The summed E-state index contributed by atoms with van der Waals surface area (Å²) < 4.78 is 14.7. The Balaban J connectivity index is 0.000000369. The molecule has 43 heavy (non-hydrogen) atoms. The third kappa shape index (κ3) is 7.74. The van der Waals surface area contributed by atoms with Crippen LogP contribution in [0.2, 0.25) is 0 Å². The summed E-state index contributed by atoms with van der Waals surface area (Å²) in [6.45, 7) is 24.6. The van der Waals surface area contributed by atoms with Gasteiger partial charge in [-0.1, -0.05) is 81.4 Å². The average molecular weight is 763 g/mol. The van der Waals surface area contributed by atoms with Crippen molar-refractivity contribution < 1.29 is 34.4 Å². The van der Waals surface area contributed by atoms with Gasteiger partial charge >= 0.3 is 0 Å². The van der Waals surface area contributed by atoms with Gasteiger partial charge in [0.25, 0.3) is 0 Å². The maximum atomic E-state index is 14.7. The van der Waals surface area contributed by atoms with Gasteiger partial charge in [0.2, 0.25) is 0 Å². The average Bonchev–Trinajstić information content (AvgIpc) is 2.88. The minimum absolute atomic E-state index is 0. The van der Waals surface area contributed by atoms with E-state index < -0.39 is 5.41 Å². The molecule has 4 aromatic rings. The van der Waals surface area contributed by atoms with Gasteiger partial charge < -0.3 is 10.1 Å². The number of halogens is 1. The molecule has 0 bridgehead atoms. The Morgan fingerprint density at radius 3 is 2.07 bits per heavy atom. The second kappa shape index (κ2) is 13.3. The second-order valence-corrected chi connectivity index (χ2v) is 13.6. The Morgan fingerprint density at radius 2 is 1.56 bits per heavy atom. The minimum atomic E-state index is -0.427. The largest absolute Gasteiger partial charge is 0.511 e. The van der Waals surface area contributed by atoms with E-state index >= 15 is 0 Å². The van der Waals surface area contributed by atoms with Crippen LogP contribution >= 0.6 is 0 Å². The maximum Gasteiger partial charge on any atom is 0.167 e. The standard InChI is InChI=1S/C24H23FN3.C12H22O2.Ir/c1-12(2)24-27-22(18-9-7-14(4)26-16(18)6)19-10-8-17-11-13(3)21(25)15(5)20(17)23(19)28-24;1-8(9(13)11(2,3)4)10(14)12(5,6)7;/h7-8,10-12H,1-6H3;13H,1-7H3;/q-1;;/b;9-8-;. The number of hydrogen-bond acceptors (Lipinski definition) is 5. The molecule has 2 aromatic heterocycles. The van der Waals surface area contributed by atoms with Crippen molar-refractivity contribution in [3.63, 3.8) is 0 Å². The van der Waals surface area contributed by atoms with Crippen molar-refractivity contribution in [2.45, 2.75) is 95.9 Å². The number of benzene rings is 2. The number of pyridine rings is 1. The van der Waals surface area contributed by atoms with Gasteiger partial charge in [0.15, 0.2) is 5.78 Å². The maximum absolute atomic E-state index is 14.7. The molecule has 0 amide bonds. The fourth-order valence-electron chi connectivity index (χ4n) is 5.00. The molecule has 2 heterocycles. The quantitative estimate of drug-likeness (QED) is 0.0975. The molecular weight excluding hydrogens is 718 g/mol. The van der Waals surface area contributed by atoms with Crippen LogP contribution in [0.5, 0.6) is 0 Å². The summed E-state index contributed by atoms with van der Waals surface area (Å²) in [5, 5.41) is 12.6. The van der Waals surface area contributed by atoms with E-state index in [0.29, 0.717) is 16.7 Å². The van der Waals surface area contributed by atoms with E-state index in [9.17, 15) is 14.3 Å². The Morgan fingerprint density at radius 1 is 0.953 bits per heavy atom.